The van der Waals surface area contributed by atoms with Crippen LogP contribution in [0.3, 0.4) is 0 Å². The first-order chi connectivity index (χ1) is 14.1. The van der Waals surface area contributed by atoms with E-state index in [1.54, 1.807) is 6.07 Å². The van der Waals surface area contributed by atoms with Gasteiger partial charge in [-0.15, -0.1) is 0 Å². The van der Waals surface area contributed by atoms with Crippen LogP contribution in [0.4, 0.5) is 0 Å². The average molecular weight is 447 g/mol. The molecule has 0 spiro atoms. The maximum atomic E-state index is 12.9. The normalized spacial score (nSPS) is 10.8. The van der Waals surface area contributed by atoms with Crippen molar-refractivity contribution in [3.05, 3.63) is 52.5 Å². The number of carbonyl (C=O) groups excluding carboxylic acids is 1. The molecule has 0 aliphatic carbocycles. The zero-order valence-electron chi connectivity index (χ0n) is 17.1. The zero-order chi connectivity index (χ0) is 21.1. The molecule has 2 rings (SSSR count). The SMILES string of the molecule is CCOCCOc1ccc(PC(=O)c2c(C)cccc2Cl)c(OCCOCC)c1.[LiH]. The fourth-order valence-corrected chi connectivity index (χ4v) is 4.16. The van der Waals surface area contributed by atoms with Crippen molar-refractivity contribution in [3.63, 3.8) is 0 Å². The van der Waals surface area contributed by atoms with E-state index in [1.165, 1.54) is 0 Å². The van der Waals surface area contributed by atoms with E-state index < -0.39 is 0 Å². The molecule has 5 nitrogen and oxygen atoms in total. The van der Waals surface area contributed by atoms with Crippen LogP contribution in [0.25, 0.3) is 0 Å². The fraction of sp³-hybridized carbons (Fsp3) is 0.409. The third-order valence-corrected chi connectivity index (χ3v) is 5.51. The van der Waals surface area contributed by atoms with E-state index >= 15 is 0 Å². The third-order valence-electron chi connectivity index (χ3n) is 4.04. The van der Waals surface area contributed by atoms with Gasteiger partial charge in [0.25, 0.3) is 0 Å². The minimum absolute atomic E-state index is 0. The number of rotatable bonds is 13. The summed E-state index contributed by atoms with van der Waals surface area (Å²) in [5.41, 5.74) is 1.40. The van der Waals surface area contributed by atoms with E-state index in [1.807, 2.05) is 51.1 Å². The van der Waals surface area contributed by atoms with Crippen LogP contribution in [-0.2, 0) is 9.47 Å². The number of hydrogen-bond acceptors (Lipinski definition) is 5. The van der Waals surface area contributed by atoms with Crippen LogP contribution in [0.5, 0.6) is 11.5 Å². The van der Waals surface area contributed by atoms with Crippen LogP contribution in [0, 0.1) is 6.92 Å². The first-order valence-electron chi connectivity index (χ1n) is 9.68. The molecule has 0 N–H and O–H groups in total. The molecule has 8 heteroatoms. The molecule has 0 bridgehead atoms. The molecular formula is C22H29ClLiO5P. The number of carbonyl (C=O) groups is 1. The Morgan fingerprint density at radius 3 is 2.27 bits per heavy atom. The van der Waals surface area contributed by atoms with Crippen molar-refractivity contribution in [3.8, 4) is 11.5 Å². The Morgan fingerprint density at radius 2 is 1.63 bits per heavy atom. The second-order valence-corrected chi connectivity index (χ2v) is 7.78. The number of aryl methyl sites for hydroxylation is 1. The van der Waals surface area contributed by atoms with Gasteiger partial charge in [-0.2, -0.15) is 0 Å². The van der Waals surface area contributed by atoms with Crippen LogP contribution in [0.1, 0.15) is 29.8 Å². The van der Waals surface area contributed by atoms with E-state index in [0.29, 0.717) is 61.7 Å². The van der Waals surface area contributed by atoms with Gasteiger partial charge in [0.1, 0.15) is 24.7 Å². The molecule has 1 atom stereocenters. The second-order valence-electron chi connectivity index (χ2n) is 6.13. The van der Waals surface area contributed by atoms with Gasteiger partial charge in [0.2, 0.25) is 0 Å². The summed E-state index contributed by atoms with van der Waals surface area (Å²) in [6.07, 6.45) is 0. The quantitative estimate of drug-likeness (QED) is 0.265. The van der Waals surface area contributed by atoms with Crippen molar-refractivity contribution in [2.45, 2.75) is 20.8 Å². The van der Waals surface area contributed by atoms with E-state index in [-0.39, 0.29) is 33.0 Å². The number of hydrogen-bond donors (Lipinski definition) is 0. The predicted molar refractivity (Wildman–Crippen MR) is 126 cm³/mol. The van der Waals surface area contributed by atoms with Crippen molar-refractivity contribution in [2.75, 3.05) is 39.6 Å². The van der Waals surface area contributed by atoms with Crippen LogP contribution in [-0.4, -0.2) is 64.0 Å². The monoisotopic (exact) mass is 446 g/mol. The Bertz CT molecular complexity index is 783. The first-order valence-corrected chi connectivity index (χ1v) is 11.1. The van der Waals surface area contributed by atoms with Crippen molar-refractivity contribution in [1.82, 2.24) is 0 Å². The van der Waals surface area contributed by atoms with Crippen molar-refractivity contribution in [1.29, 1.82) is 0 Å². The van der Waals surface area contributed by atoms with E-state index in [0.717, 1.165) is 10.9 Å². The summed E-state index contributed by atoms with van der Waals surface area (Å²) < 4.78 is 22.3. The summed E-state index contributed by atoms with van der Waals surface area (Å²) in [5, 5.41) is 1.28. The van der Waals surface area contributed by atoms with Crippen molar-refractivity contribution in [2.24, 2.45) is 0 Å². The number of benzene rings is 2. The van der Waals surface area contributed by atoms with Crippen molar-refractivity contribution >= 4 is 49.9 Å². The summed E-state index contributed by atoms with van der Waals surface area (Å²) in [6.45, 7) is 8.89. The van der Waals surface area contributed by atoms with Gasteiger partial charge in [-0.25, -0.2) is 0 Å². The summed E-state index contributed by atoms with van der Waals surface area (Å²) in [4.78, 5) is 12.9. The summed E-state index contributed by atoms with van der Waals surface area (Å²) in [5.74, 6) is 1.29. The Hall–Kier alpha value is -1.05. The molecule has 0 heterocycles. The molecule has 0 fully saturated rings. The number of halogens is 1. The molecule has 2 aromatic rings. The molecule has 2 aromatic carbocycles. The molecule has 0 aliphatic rings. The van der Waals surface area contributed by atoms with Gasteiger partial charge >= 0.3 is 18.9 Å². The van der Waals surface area contributed by atoms with Gasteiger partial charge in [0, 0.05) is 30.1 Å². The standard InChI is InChI=1S/C22H28ClO5P.Li.H/c1-4-25-11-13-27-17-9-10-20(19(15-17)28-14-12-26-5-2)29-22(24)21-16(3)7-6-8-18(21)23;;/h6-10,15,29H,4-5,11-14H2,1-3H3;;. The summed E-state index contributed by atoms with van der Waals surface area (Å²) in [7, 11) is -0.111. The molecule has 0 aromatic heterocycles. The van der Waals surface area contributed by atoms with E-state index in [2.05, 4.69) is 0 Å². The van der Waals surface area contributed by atoms with Gasteiger partial charge in [0.05, 0.1) is 18.2 Å². The van der Waals surface area contributed by atoms with Gasteiger partial charge in [-0.3, -0.25) is 4.79 Å². The molecule has 0 radical (unpaired) electrons. The molecule has 0 saturated heterocycles. The maximum absolute atomic E-state index is 12.9. The topological polar surface area (TPSA) is 54.0 Å². The van der Waals surface area contributed by atoms with Gasteiger partial charge < -0.3 is 18.9 Å². The Kier molecular flexibility index (Phi) is 13.4. The summed E-state index contributed by atoms with van der Waals surface area (Å²) >= 11 is 6.26. The second kappa shape index (κ2) is 14.9. The van der Waals surface area contributed by atoms with Crippen LogP contribution >= 0.6 is 20.2 Å². The summed E-state index contributed by atoms with van der Waals surface area (Å²) in [6, 6.07) is 11.0. The predicted octanol–water partition coefficient (Wildman–Crippen LogP) is 3.97. The van der Waals surface area contributed by atoms with E-state index in [4.69, 9.17) is 30.5 Å². The molecule has 0 aliphatic heterocycles. The fourth-order valence-electron chi connectivity index (χ4n) is 2.64. The molecule has 160 valence electrons. The zero-order valence-corrected chi connectivity index (χ0v) is 18.9. The molecule has 0 amide bonds. The molecule has 1 unspecified atom stereocenters. The first kappa shape index (κ1) is 27.0. The molecule has 30 heavy (non-hydrogen) atoms. The van der Waals surface area contributed by atoms with E-state index in [9.17, 15) is 4.79 Å². The van der Waals surface area contributed by atoms with Crippen LogP contribution < -0.4 is 14.8 Å². The van der Waals surface area contributed by atoms with Gasteiger partial charge in [-0.05, 0) is 53.1 Å². The number of ether oxygens (including phenoxy) is 4. The van der Waals surface area contributed by atoms with Gasteiger partial charge in [-0.1, -0.05) is 23.7 Å². The average Bonchev–Trinajstić information content (AvgIpc) is 2.70. The Balaban J connectivity index is 0.00000450. The minimum atomic E-state index is -0.111. The van der Waals surface area contributed by atoms with Crippen LogP contribution in [0.15, 0.2) is 36.4 Å². The van der Waals surface area contributed by atoms with Gasteiger partial charge in [0.15, 0.2) is 5.52 Å². The Labute approximate surface area is 197 Å². The Morgan fingerprint density at radius 1 is 0.967 bits per heavy atom. The van der Waals surface area contributed by atoms with Crippen molar-refractivity contribution < 1.29 is 23.7 Å². The third kappa shape index (κ3) is 8.59. The van der Waals surface area contributed by atoms with Crippen LogP contribution in [0.2, 0.25) is 5.02 Å². The molecular weight excluding hydrogens is 418 g/mol. The molecule has 0 saturated carbocycles.